The Bertz CT molecular complexity index is 1200. The summed E-state index contributed by atoms with van der Waals surface area (Å²) in [5.41, 5.74) is 1.30. The molecular formula is C27H28ClFN2O5S. The summed E-state index contributed by atoms with van der Waals surface area (Å²) in [7, 11) is 0. The van der Waals surface area contributed by atoms with E-state index >= 15 is 0 Å². The highest BCUT2D eigenvalue weighted by Gasteiger charge is 2.37. The van der Waals surface area contributed by atoms with Crippen LogP contribution in [0.4, 0.5) is 9.18 Å². The molecule has 2 heterocycles. The van der Waals surface area contributed by atoms with Crippen molar-refractivity contribution in [3.8, 4) is 11.5 Å². The number of rotatable bonds is 8. The van der Waals surface area contributed by atoms with E-state index < -0.39 is 11.1 Å². The van der Waals surface area contributed by atoms with E-state index in [4.69, 9.17) is 21.1 Å². The topological polar surface area (TPSA) is 76.2 Å². The van der Waals surface area contributed by atoms with Gasteiger partial charge in [0.15, 0.2) is 11.5 Å². The molecule has 0 saturated carbocycles. The minimum Gasteiger partial charge on any atom is -0.490 e. The largest absolute Gasteiger partial charge is 0.490 e. The Labute approximate surface area is 224 Å². The molecule has 0 spiro atoms. The monoisotopic (exact) mass is 546 g/mol. The van der Waals surface area contributed by atoms with Gasteiger partial charge in [0.2, 0.25) is 5.91 Å². The molecule has 10 heteroatoms. The van der Waals surface area contributed by atoms with Crippen LogP contribution in [0.1, 0.15) is 43.7 Å². The second-order valence-electron chi connectivity index (χ2n) is 8.74. The van der Waals surface area contributed by atoms with Gasteiger partial charge in [-0.15, -0.1) is 0 Å². The van der Waals surface area contributed by atoms with Crippen LogP contribution >= 0.6 is 23.4 Å². The average molecular weight is 547 g/mol. The molecule has 3 amide bonds. The summed E-state index contributed by atoms with van der Waals surface area (Å²) >= 11 is 7.28. The van der Waals surface area contributed by atoms with Crippen LogP contribution in [0.15, 0.2) is 41.3 Å². The molecule has 2 fully saturated rings. The van der Waals surface area contributed by atoms with Gasteiger partial charge < -0.3 is 14.4 Å². The Morgan fingerprint density at radius 3 is 2.46 bits per heavy atom. The van der Waals surface area contributed by atoms with Gasteiger partial charge in [-0.1, -0.05) is 36.6 Å². The number of ether oxygens (including phenoxy) is 2. The number of imide groups is 1. The van der Waals surface area contributed by atoms with Crippen LogP contribution in [0.5, 0.6) is 11.5 Å². The molecule has 2 aliphatic rings. The quantitative estimate of drug-likeness (QED) is 0.384. The van der Waals surface area contributed by atoms with Crippen molar-refractivity contribution in [3.05, 3.63) is 63.3 Å². The van der Waals surface area contributed by atoms with Crippen molar-refractivity contribution in [3.63, 3.8) is 0 Å². The van der Waals surface area contributed by atoms with Crippen molar-refractivity contribution in [2.45, 2.75) is 39.2 Å². The second kappa shape index (κ2) is 12.5. The molecule has 2 saturated heterocycles. The SMILES string of the molecule is CCOc1cc(C=C2SC(=O)N(CC(=O)N3CCCCCC3)C2=O)cc(Cl)c1OCc1ccc(F)cc1. The molecular weight excluding hydrogens is 519 g/mol. The lowest BCUT2D eigenvalue weighted by atomic mass is 10.1. The predicted octanol–water partition coefficient (Wildman–Crippen LogP) is 5.90. The number of nitrogens with zero attached hydrogens (tertiary/aromatic N) is 2. The number of carbonyl (C=O) groups is 3. The number of halogens is 2. The number of hydrogen-bond acceptors (Lipinski definition) is 6. The number of thioether (sulfide) groups is 1. The first-order chi connectivity index (χ1) is 17.9. The van der Waals surface area contributed by atoms with E-state index in [0.29, 0.717) is 36.8 Å². The van der Waals surface area contributed by atoms with E-state index in [0.717, 1.165) is 47.9 Å². The lowest BCUT2D eigenvalue weighted by Crippen LogP contribution is -2.42. The number of hydrogen-bond donors (Lipinski definition) is 0. The van der Waals surface area contributed by atoms with Crippen molar-refractivity contribution >= 4 is 46.5 Å². The van der Waals surface area contributed by atoms with Gasteiger partial charge in [-0.05, 0) is 73.0 Å². The highest BCUT2D eigenvalue weighted by molar-refractivity contribution is 8.18. The zero-order valence-electron chi connectivity index (χ0n) is 20.5. The minimum absolute atomic E-state index is 0.156. The Kier molecular flexibility index (Phi) is 9.10. The summed E-state index contributed by atoms with van der Waals surface area (Å²) in [6, 6.07) is 9.21. The van der Waals surface area contributed by atoms with E-state index in [1.165, 1.54) is 12.1 Å². The molecule has 4 rings (SSSR count). The smallest absolute Gasteiger partial charge is 0.294 e. The Balaban J connectivity index is 1.49. The number of amides is 3. The van der Waals surface area contributed by atoms with E-state index in [-0.39, 0.29) is 34.8 Å². The number of carbonyl (C=O) groups excluding carboxylic acids is 3. The third-order valence-electron chi connectivity index (χ3n) is 6.05. The predicted molar refractivity (Wildman–Crippen MR) is 141 cm³/mol. The van der Waals surface area contributed by atoms with E-state index in [1.807, 2.05) is 6.92 Å². The van der Waals surface area contributed by atoms with E-state index in [1.54, 1.807) is 35.2 Å². The van der Waals surface area contributed by atoms with Gasteiger partial charge in [0, 0.05) is 13.1 Å². The molecule has 0 aromatic heterocycles. The molecule has 0 unspecified atom stereocenters. The summed E-state index contributed by atoms with van der Waals surface area (Å²) in [4.78, 5) is 41.2. The average Bonchev–Trinajstić information content (AvgIpc) is 3.05. The maximum atomic E-state index is 13.2. The summed E-state index contributed by atoms with van der Waals surface area (Å²) in [6.07, 6.45) is 5.58. The van der Waals surface area contributed by atoms with Crippen LogP contribution in [-0.4, -0.2) is 53.1 Å². The van der Waals surface area contributed by atoms with Crippen molar-refractivity contribution in [2.24, 2.45) is 0 Å². The van der Waals surface area contributed by atoms with Crippen molar-refractivity contribution in [2.75, 3.05) is 26.2 Å². The molecule has 2 aromatic carbocycles. The standard InChI is InChI=1S/C27H28ClFN2O5S/c1-2-35-22-14-19(13-21(28)25(22)36-17-18-7-9-20(29)10-8-18)15-23-26(33)31(27(34)37-23)16-24(32)30-11-5-3-4-6-12-30/h7-10,13-15H,2-6,11-12,16-17H2,1H3. The van der Waals surface area contributed by atoms with Crippen molar-refractivity contribution in [1.29, 1.82) is 0 Å². The highest BCUT2D eigenvalue weighted by atomic mass is 35.5. The molecule has 196 valence electrons. The van der Waals surface area contributed by atoms with Crippen LogP contribution in [0.2, 0.25) is 5.02 Å². The third kappa shape index (κ3) is 6.84. The molecule has 2 aliphatic heterocycles. The number of likely N-dealkylation sites (tertiary alicyclic amines) is 1. The molecule has 0 radical (unpaired) electrons. The zero-order valence-corrected chi connectivity index (χ0v) is 22.1. The number of benzene rings is 2. The van der Waals surface area contributed by atoms with Gasteiger partial charge in [0.1, 0.15) is 19.0 Å². The van der Waals surface area contributed by atoms with Gasteiger partial charge in [-0.2, -0.15) is 0 Å². The van der Waals surface area contributed by atoms with Gasteiger partial charge in [-0.3, -0.25) is 19.3 Å². The van der Waals surface area contributed by atoms with Crippen LogP contribution in [-0.2, 0) is 16.2 Å². The molecule has 2 aromatic rings. The van der Waals surface area contributed by atoms with Crippen LogP contribution in [0, 0.1) is 5.82 Å². The maximum Gasteiger partial charge on any atom is 0.294 e. The minimum atomic E-state index is -0.510. The molecule has 0 N–H and O–H groups in total. The summed E-state index contributed by atoms with van der Waals surface area (Å²) in [6.45, 7) is 3.36. The summed E-state index contributed by atoms with van der Waals surface area (Å²) in [5, 5.41) is -0.218. The fraction of sp³-hybridized carbons (Fsp3) is 0.370. The van der Waals surface area contributed by atoms with Gasteiger partial charge >= 0.3 is 0 Å². The van der Waals surface area contributed by atoms with Crippen molar-refractivity contribution < 1.29 is 28.2 Å². The van der Waals surface area contributed by atoms with Crippen LogP contribution in [0.3, 0.4) is 0 Å². The Morgan fingerprint density at radius 2 is 1.78 bits per heavy atom. The van der Waals surface area contributed by atoms with Crippen molar-refractivity contribution in [1.82, 2.24) is 9.80 Å². The van der Waals surface area contributed by atoms with E-state index in [2.05, 4.69) is 0 Å². The molecule has 0 aliphatic carbocycles. The second-order valence-corrected chi connectivity index (χ2v) is 10.1. The molecule has 0 atom stereocenters. The summed E-state index contributed by atoms with van der Waals surface area (Å²) < 4.78 is 24.7. The lowest BCUT2D eigenvalue weighted by molar-refractivity contribution is -0.135. The first-order valence-electron chi connectivity index (χ1n) is 12.2. The molecule has 7 nitrogen and oxygen atoms in total. The molecule has 0 bridgehead atoms. The van der Waals surface area contributed by atoms with Crippen LogP contribution in [0.25, 0.3) is 6.08 Å². The lowest BCUT2D eigenvalue weighted by Gasteiger charge is -2.22. The maximum absolute atomic E-state index is 13.2. The zero-order chi connectivity index (χ0) is 26.4. The third-order valence-corrected chi connectivity index (χ3v) is 7.24. The normalized spacial score (nSPS) is 17.3. The fourth-order valence-electron chi connectivity index (χ4n) is 4.15. The summed E-state index contributed by atoms with van der Waals surface area (Å²) in [5.74, 6) is -0.365. The first-order valence-corrected chi connectivity index (χ1v) is 13.4. The molecule has 37 heavy (non-hydrogen) atoms. The Morgan fingerprint density at radius 1 is 1.08 bits per heavy atom. The van der Waals surface area contributed by atoms with Gasteiger partial charge in [0.05, 0.1) is 16.5 Å². The highest BCUT2D eigenvalue weighted by Crippen LogP contribution is 2.39. The van der Waals surface area contributed by atoms with Gasteiger partial charge in [-0.25, -0.2) is 4.39 Å². The fourth-order valence-corrected chi connectivity index (χ4v) is 5.27. The van der Waals surface area contributed by atoms with Gasteiger partial charge in [0.25, 0.3) is 11.1 Å². The van der Waals surface area contributed by atoms with Crippen LogP contribution < -0.4 is 9.47 Å². The first kappa shape index (κ1) is 27.0. The Hall–Kier alpha value is -3.04. The van der Waals surface area contributed by atoms with E-state index in [9.17, 15) is 18.8 Å².